The molecular weight excluding hydrogens is 312 g/mol. The molecule has 0 saturated carbocycles. The van der Waals surface area contributed by atoms with Crippen LogP contribution in [0.1, 0.15) is 20.3 Å². The normalized spacial score (nSPS) is 26.8. The van der Waals surface area contributed by atoms with E-state index in [1.807, 2.05) is 0 Å². The van der Waals surface area contributed by atoms with Crippen LogP contribution in [0, 0.1) is 0 Å². The zero-order valence-electron chi connectivity index (χ0n) is 11.9. The van der Waals surface area contributed by atoms with Gasteiger partial charge < -0.3 is 9.47 Å². The molecule has 1 aliphatic heterocycles. The second kappa shape index (κ2) is 6.24. The molecule has 20 heavy (non-hydrogen) atoms. The first-order chi connectivity index (χ1) is 8.88. The van der Waals surface area contributed by atoms with E-state index in [1.54, 1.807) is 13.8 Å². The molecule has 0 aromatic rings. The summed E-state index contributed by atoms with van der Waals surface area (Å²) in [4.78, 5) is 0. The minimum Gasteiger partial charge on any atom is -0.344 e. The molecule has 0 spiro atoms. The van der Waals surface area contributed by atoms with E-state index >= 15 is 0 Å². The molecule has 0 bridgehead atoms. The highest BCUT2D eigenvalue weighted by Crippen LogP contribution is 2.30. The predicted molar refractivity (Wildman–Crippen MR) is 70.0 cm³/mol. The molecule has 8 nitrogen and oxygen atoms in total. The molecule has 1 fully saturated rings. The van der Waals surface area contributed by atoms with E-state index in [9.17, 15) is 16.8 Å². The van der Waals surface area contributed by atoms with Gasteiger partial charge in [0.05, 0.1) is 31.8 Å². The minimum atomic E-state index is -3.58. The van der Waals surface area contributed by atoms with Crippen molar-refractivity contribution in [1.29, 1.82) is 0 Å². The fourth-order valence-corrected chi connectivity index (χ4v) is 2.58. The molecule has 0 radical (unpaired) electrons. The van der Waals surface area contributed by atoms with Gasteiger partial charge >= 0.3 is 0 Å². The SMILES string of the molecule is CC1(C)O[C@@H](CCOS(C)(=O)=O)[C@@H](COS(C)(=O)=O)O1. The lowest BCUT2D eigenvalue weighted by Gasteiger charge is -2.16. The predicted octanol–water partition coefficient (Wildman–Crippen LogP) is -0.151. The molecule has 0 N–H and O–H groups in total. The number of rotatable bonds is 7. The molecule has 1 heterocycles. The monoisotopic (exact) mass is 332 g/mol. The Morgan fingerprint density at radius 1 is 0.950 bits per heavy atom. The van der Waals surface area contributed by atoms with E-state index in [1.165, 1.54) is 0 Å². The second-order valence-corrected chi connectivity index (χ2v) is 8.30. The van der Waals surface area contributed by atoms with Crippen LogP contribution in [0.2, 0.25) is 0 Å². The van der Waals surface area contributed by atoms with Crippen LogP contribution in [0.15, 0.2) is 0 Å². The fourth-order valence-electron chi connectivity index (χ4n) is 1.80. The molecule has 0 amide bonds. The third kappa shape index (κ3) is 6.95. The van der Waals surface area contributed by atoms with E-state index in [0.29, 0.717) is 0 Å². The average molecular weight is 332 g/mol. The topological polar surface area (TPSA) is 105 Å². The lowest BCUT2D eigenvalue weighted by Crippen LogP contribution is -2.30. The van der Waals surface area contributed by atoms with E-state index in [-0.39, 0.29) is 19.6 Å². The summed E-state index contributed by atoms with van der Waals surface area (Å²) >= 11 is 0. The van der Waals surface area contributed by atoms with Crippen LogP contribution >= 0.6 is 0 Å². The highest BCUT2D eigenvalue weighted by molar-refractivity contribution is 7.86. The largest absolute Gasteiger partial charge is 0.344 e. The van der Waals surface area contributed by atoms with Crippen molar-refractivity contribution in [1.82, 2.24) is 0 Å². The lowest BCUT2D eigenvalue weighted by molar-refractivity contribution is -0.149. The van der Waals surface area contributed by atoms with Crippen LogP contribution < -0.4 is 0 Å². The zero-order valence-corrected chi connectivity index (χ0v) is 13.5. The smallest absolute Gasteiger partial charge is 0.264 e. The molecule has 0 unspecified atom stereocenters. The molecule has 1 saturated heterocycles. The minimum absolute atomic E-state index is 0.0711. The lowest BCUT2D eigenvalue weighted by atomic mass is 10.1. The molecule has 0 aromatic heterocycles. The summed E-state index contributed by atoms with van der Waals surface area (Å²) in [5.41, 5.74) is 0. The summed E-state index contributed by atoms with van der Waals surface area (Å²) in [6.07, 6.45) is 1.02. The van der Waals surface area contributed by atoms with Crippen molar-refractivity contribution in [2.45, 2.75) is 38.3 Å². The van der Waals surface area contributed by atoms with Gasteiger partial charge in [-0.25, -0.2) is 0 Å². The Bertz CT molecular complexity index is 521. The van der Waals surface area contributed by atoms with Gasteiger partial charge in [-0.1, -0.05) is 0 Å². The van der Waals surface area contributed by atoms with Gasteiger partial charge in [0.15, 0.2) is 5.79 Å². The van der Waals surface area contributed by atoms with Crippen molar-refractivity contribution in [3.63, 3.8) is 0 Å². The summed E-state index contributed by atoms with van der Waals surface area (Å²) < 4.78 is 64.1. The maximum Gasteiger partial charge on any atom is 0.264 e. The van der Waals surface area contributed by atoms with Gasteiger partial charge in [0, 0.05) is 6.42 Å². The van der Waals surface area contributed by atoms with Gasteiger partial charge in [-0.05, 0) is 13.8 Å². The van der Waals surface area contributed by atoms with E-state index < -0.39 is 38.2 Å². The van der Waals surface area contributed by atoms with Gasteiger partial charge in [-0.2, -0.15) is 16.8 Å². The maximum absolute atomic E-state index is 11.0. The Labute approximate surface area is 119 Å². The second-order valence-electron chi connectivity index (χ2n) is 5.02. The molecule has 10 heteroatoms. The molecule has 1 rings (SSSR count). The Hall–Kier alpha value is -0.260. The maximum atomic E-state index is 11.0. The Morgan fingerprint density at radius 3 is 1.95 bits per heavy atom. The summed E-state index contributed by atoms with van der Waals surface area (Å²) in [5.74, 6) is -0.888. The van der Waals surface area contributed by atoms with Crippen molar-refractivity contribution in [3.05, 3.63) is 0 Å². The summed E-state index contributed by atoms with van der Waals surface area (Å²) in [7, 11) is -7.10. The van der Waals surface area contributed by atoms with Crippen molar-refractivity contribution in [2.75, 3.05) is 25.7 Å². The zero-order chi connectivity index (χ0) is 15.6. The van der Waals surface area contributed by atoms with Gasteiger partial charge in [0.1, 0.15) is 6.10 Å². The Morgan fingerprint density at radius 2 is 1.45 bits per heavy atom. The van der Waals surface area contributed by atoms with E-state index in [0.717, 1.165) is 12.5 Å². The molecule has 120 valence electrons. The highest BCUT2D eigenvalue weighted by atomic mass is 32.2. The van der Waals surface area contributed by atoms with Crippen LogP contribution in [-0.4, -0.2) is 60.6 Å². The first kappa shape index (κ1) is 17.8. The third-order valence-electron chi connectivity index (χ3n) is 2.43. The van der Waals surface area contributed by atoms with Gasteiger partial charge in [0.2, 0.25) is 0 Å². The van der Waals surface area contributed by atoms with Gasteiger partial charge in [0.25, 0.3) is 20.2 Å². The standard InChI is InChI=1S/C10H20O8S2/c1-10(2)17-8(5-6-15-19(3,11)12)9(18-10)7-16-20(4,13)14/h8-9H,5-7H2,1-4H3/t8-,9+/m0/s1. The number of hydrogen-bond acceptors (Lipinski definition) is 8. The van der Waals surface area contributed by atoms with Crippen LogP contribution in [0.4, 0.5) is 0 Å². The van der Waals surface area contributed by atoms with Crippen LogP contribution in [-0.2, 0) is 38.1 Å². The molecule has 1 aliphatic rings. The quantitative estimate of drug-likeness (QED) is 0.593. The van der Waals surface area contributed by atoms with Crippen molar-refractivity contribution in [2.24, 2.45) is 0 Å². The van der Waals surface area contributed by atoms with E-state index in [2.05, 4.69) is 4.18 Å². The van der Waals surface area contributed by atoms with Crippen molar-refractivity contribution < 1.29 is 34.7 Å². The van der Waals surface area contributed by atoms with Crippen molar-refractivity contribution >= 4 is 20.2 Å². The summed E-state index contributed by atoms with van der Waals surface area (Å²) in [6, 6.07) is 0. The van der Waals surface area contributed by atoms with Crippen LogP contribution in [0.3, 0.4) is 0 Å². The van der Waals surface area contributed by atoms with Crippen LogP contribution in [0.5, 0.6) is 0 Å². The molecule has 0 aliphatic carbocycles. The van der Waals surface area contributed by atoms with Crippen molar-refractivity contribution in [3.8, 4) is 0 Å². The third-order valence-corrected chi connectivity index (χ3v) is 3.59. The fraction of sp³-hybridized carbons (Fsp3) is 1.00. The highest BCUT2D eigenvalue weighted by Gasteiger charge is 2.41. The molecular formula is C10H20O8S2. The first-order valence-electron chi connectivity index (χ1n) is 5.92. The molecule has 2 atom stereocenters. The Kier molecular flexibility index (Phi) is 5.55. The number of hydrogen-bond donors (Lipinski definition) is 0. The summed E-state index contributed by atoms with van der Waals surface area (Å²) in [5, 5.41) is 0. The van der Waals surface area contributed by atoms with Gasteiger partial charge in [-0.15, -0.1) is 0 Å². The van der Waals surface area contributed by atoms with Crippen LogP contribution in [0.25, 0.3) is 0 Å². The summed E-state index contributed by atoms with van der Waals surface area (Å²) in [6.45, 7) is 3.10. The van der Waals surface area contributed by atoms with Gasteiger partial charge in [-0.3, -0.25) is 8.37 Å². The Balaban J connectivity index is 2.56. The van der Waals surface area contributed by atoms with E-state index in [4.69, 9.17) is 13.7 Å². The number of ether oxygens (including phenoxy) is 2. The molecule has 0 aromatic carbocycles. The average Bonchev–Trinajstić information content (AvgIpc) is 2.47. The first-order valence-corrected chi connectivity index (χ1v) is 9.56.